The molecule has 3 heterocycles. The smallest absolute Gasteiger partial charge is 0.232 e. The summed E-state index contributed by atoms with van der Waals surface area (Å²) in [5.41, 5.74) is 1.26. The van der Waals surface area contributed by atoms with Gasteiger partial charge in [-0.25, -0.2) is 0 Å². The molecule has 136 valence electrons. The van der Waals surface area contributed by atoms with Crippen LogP contribution in [0.25, 0.3) is 6.08 Å². The van der Waals surface area contributed by atoms with Crippen molar-refractivity contribution in [2.75, 3.05) is 13.1 Å². The maximum Gasteiger partial charge on any atom is 0.232 e. The Hall–Kier alpha value is -2.11. The lowest BCUT2D eigenvalue weighted by atomic mass is 9.91. The van der Waals surface area contributed by atoms with Crippen LogP contribution in [0.3, 0.4) is 0 Å². The largest absolute Gasteiger partial charge is 0.507 e. The number of likely N-dealkylation sites (tertiary alicyclic amines) is 1. The van der Waals surface area contributed by atoms with Gasteiger partial charge in [0.1, 0.15) is 11.5 Å². The Morgan fingerprint density at radius 1 is 1.27 bits per heavy atom. The number of ether oxygens (including phenoxy) is 1. The maximum absolute atomic E-state index is 12.7. The summed E-state index contributed by atoms with van der Waals surface area (Å²) < 4.78 is 5.93. The number of carbonyl (C=O) groups excluding carboxylic acids is 1. The molecule has 0 radical (unpaired) electrons. The van der Waals surface area contributed by atoms with E-state index in [-0.39, 0.29) is 11.5 Å². The molecule has 1 saturated heterocycles. The van der Waals surface area contributed by atoms with Gasteiger partial charge in [-0.15, -0.1) is 11.3 Å². The Morgan fingerprint density at radius 2 is 2.04 bits per heavy atom. The molecule has 0 spiro atoms. The lowest BCUT2D eigenvalue weighted by Gasteiger charge is -2.35. The van der Waals surface area contributed by atoms with Crippen molar-refractivity contribution < 1.29 is 14.6 Å². The molecule has 1 aromatic carbocycles. The van der Waals surface area contributed by atoms with Crippen molar-refractivity contribution in [3.63, 3.8) is 0 Å². The fourth-order valence-electron chi connectivity index (χ4n) is 4.10. The minimum Gasteiger partial charge on any atom is -0.507 e. The Bertz CT molecular complexity index is 846. The summed E-state index contributed by atoms with van der Waals surface area (Å²) in [6.45, 7) is 7.13. The fourth-order valence-corrected chi connectivity index (χ4v) is 4.74. The summed E-state index contributed by atoms with van der Waals surface area (Å²) in [7, 11) is 0. The van der Waals surface area contributed by atoms with Gasteiger partial charge in [0, 0.05) is 30.6 Å². The number of Topliss-reactive ketones (excluding diaryl/α,β-unsaturated/α-hetero) is 1. The van der Waals surface area contributed by atoms with Crippen molar-refractivity contribution in [3.05, 3.63) is 51.4 Å². The zero-order valence-corrected chi connectivity index (χ0v) is 15.9. The Morgan fingerprint density at radius 3 is 2.73 bits per heavy atom. The number of benzene rings is 1. The Labute approximate surface area is 157 Å². The molecule has 2 atom stereocenters. The average Bonchev–Trinajstić information content (AvgIpc) is 3.19. The lowest BCUT2D eigenvalue weighted by molar-refractivity contribution is 0.101. The number of rotatable bonds is 3. The van der Waals surface area contributed by atoms with Gasteiger partial charge in [0.25, 0.3) is 0 Å². The molecule has 2 aliphatic rings. The number of phenols is 1. The minimum absolute atomic E-state index is 0.116. The van der Waals surface area contributed by atoms with E-state index in [2.05, 4.69) is 18.7 Å². The molecule has 5 heteroatoms. The van der Waals surface area contributed by atoms with E-state index in [1.54, 1.807) is 29.5 Å². The van der Waals surface area contributed by atoms with Gasteiger partial charge in [-0.3, -0.25) is 9.69 Å². The van der Waals surface area contributed by atoms with Crippen LogP contribution in [0.2, 0.25) is 0 Å². The van der Waals surface area contributed by atoms with Crippen LogP contribution in [0.15, 0.2) is 35.4 Å². The van der Waals surface area contributed by atoms with Crippen LogP contribution >= 0.6 is 11.3 Å². The number of aromatic hydroxyl groups is 1. The van der Waals surface area contributed by atoms with Crippen molar-refractivity contribution >= 4 is 23.2 Å². The number of allylic oxidation sites excluding steroid dienone is 1. The SMILES string of the molecule is C[C@@H]1C[C@@H](C)CN(Cc2c(O)ccc3c2O/C(=C\c2cccs2)C3=O)C1. The molecule has 0 saturated carbocycles. The van der Waals surface area contributed by atoms with Gasteiger partial charge < -0.3 is 9.84 Å². The van der Waals surface area contributed by atoms with Gasteiger partial charge in [0.2, 0.25) is 5.78 Å². The van der Waals surface area contributed by atoms with E-state index >= 15 is 0 Å². The first-order valence-corrected chi connectivity index (χ1v) is 9.94. The second-order valence-corrected chi connectivity index (χ2v) is 8.51. The van der Waals surface area contributed by atoms with Crippen molar-refractivity contribution in [2.45, 2.75) is 26.8 Å². The number of hydrogen-bond donors (Lipinski definition) is 1. The van der Waals surface area contributed by atoms with E-state index in [0.29, 0.717) is 41.0 Å². The normalized spacial score (nSPS) is 24.7. The van der Waals surface area contributed by atoms with E-state index in [0.717, 1.165) is 18.0 Å². The average molecular weight is 369 g/mol. The van der Waals surface area contributed by atoms with Gasteiger partial charge >= 0.3 is 0 Å². The maximum atomic E-state index is 12.7. The number of hydrogen-bond acceptors (Lipinski definition) is 5. The van der Waals surface area contributed by atoms with Crippen molar-refractivity contribution in [3.8, 4) is 11.5 Å². The highest BCUT2D eigenvalue weighted by molar-refractivity contribution is 7.10. The second-order valence-electron chi connectivity index (χ2n) is 7.54. The molecule has 1 fully saturated rings. The molecule has 1 N–H and O–H groups in total. The third kappa shape index (κ3) is 3.29. The molecule has 1 aromatic heterocycles. The highest BCUT2D eigenvalue weighted by Crippen LogP contribution is 2.40. The third-order valence-electron chi connectivity index (χ3n) is 5.06. The van der Waals surface area contributed by atoms with Crippen LogP contribution in [-0.4, -0.2) is 28.9 Å². The van der Waals surface area contributed by atoms with Gasteiger partial charge in [-0.2, -0.15) is 0 Å². The molecule has 0 unspecified atom stereocenters. The number of ketones is 1. The standard InChI is InChI=1S/C21H23NO3S/c1-13-8-14(2)11-22(10-13)12-17-18(23)6-5-16-20(24)19(25-21(16)17)9-15-4-3-7-26-15/h3-7,9,13-14,23H,8,10-12H2,1-2H3/b19-9-/t13-,14-/m1/s1. The van der Waals surface area contributed by atoms with Crippen LogP contribution in [-0.2, 0) is 6.54 Å². The summed E-state index contributed by atoms with van der Waals surface area (Å²) in [4.78, 5) is 16.0. The zero-order chi connectivity index (χ0) is 18.3. The van der Waals surface area contributed by atoms with E-state index < -0.39 is 0 Å². The number of phenolic OH excluding ortho intramolecular Hbond substituents is 1. The van der Waals surface area contributed by atoms with Crippen LogP contribution in [0.1, 0.15) is 41.1 Å². The summed E-state index contributed by atoms with van der Waals surface area (Å²) in [6.07, 6.45) is 3.01. The summed E-state index contributed by atoms with van der Waals surface area (Å²) >= 11 is 1.56. The molecule has 26 heavy (non-hydrogen) atoms. The quantitative estimate of drug-likeness (QED) is 0.807. The van der Waals surface area contributed by atoms with Gasteiger partial charge in [0.15, 0.2) is 5.76 Å². The molecule has 2 aromatic rings. The predicted octanol–water partition coefficient (Wildman–Crippen LogP) is 4.55. The Kier molecular flexibility index (Phi) is 4.59. The first kappa shape index (κ1) is 17.3. The zero-order valence-electron chi connectivity index (χ0n) is 15.1. The minimum atomic E-state index is -0.116. The molecule has 4 nitrogen and oxygen atoms in total. The number of thiophene rings is 1. The summed E-state index contributed by atoms with van der Waals surface area (Å²) in [6, 6.07) is 7.17. The molecule has 2 aliphatic heterocycles. The van der Waals surface area contributed by atoms with Gasteiger partial charge in [-0.05, 0) is 41.8 Å². The van der Waals surface area contributed by atoms with Crippen LogP contribution in [0.5, 0.6) is 11.5 Å². The Balaban J connectivity index is 1.64. The van der Waals surface area contributed by atoms with Crippen molar-refractivity contribution in [1.29, 1.82) is 0 Å². The number of carbonyl (C=O) groups is 1. The van der Waals surface area contributed by atoms with Crippen molar-refractivity contribution in [2.24, 2.45) is 11.8 Å². The molecule has 4 rings (SSSR count). The fraction of sp³-hybridized carbons (Fsp3) is 0.381. The third-order valence-corrected chi connectivity index (χ3v) is 5.88. The second kappa shape index (κ2) is 6.89. The highest BCUT2D eigenvalue weighted by Gasteiger charge is 2.32. The molecule has 0 aliphatic carbocycles. The lowest BCUT2D eigenvalue weighted by Crippen LogP contribution is -2.38. The van der Waals surface area contributed by atoms with E-state index in [1.165, 1.54) is 6.42 Å². The first-order chi connectivity index (χ1) is 12.5. The topological polar surface area (TPSA) is 49.8 Å². The number of piperidine rings is 1. The number of nitrogens with zero attached hydrogens (tertiary/aromatic N) is 1. The van der Waals surface area contributed by atoms with Crippen LogP contribution < -0.4 is 4.74 Å². The van der Waals surface area contributed by atoms with E-state index in [9.17, 15) is 9.90 Å². The summed E-state index contributed by atoms with van der Waals surface area (Å²) in [5.74, 6) is 2.19. The van der Waals surface area contributed by atoms with Crippen LogP contribution in [0, 0.1) is 11.8 Å². The van der Waals surface area contributed by atoms with E-state index in [1.807, 2.05) is 17.5 Å². The molecular formula is C21H23NO3S. The molecule has 0 amide bonds. The van der Waals surface area contributed by atoms with E-state index in [4.69, 9.17) is 4.74 Å². The highest BCUT2D eigenvalue weighted by atomic mass is 32.1. The van der Waals surface area contributed by atoms with Crippen LogP contribution in [0.4, 0.5) is 0 Å². The van der Waals surface area contributed by atoms with Crippen molar-refractivity contribution in [1.82, 2.24) is 4.90 Å². The summed E-state index contributed by atoms with van der Waals surface area (Å²) in [5, 5.41) is 12.4. The predicted molar refractivity (Wildman–Crippen MR) is 104 cm³/mol. The first-order valence-electron chi connectivity index (χ1n) is 9.06. The monoisotopic (exact) mass is 369 g/mol. The van der Waals surface area contributed by atoms with Gasteiger partial charge in [0.05, 0.1) is 11.1 Å². The molecule has 0 bridgehead atoms. The van der Waals surface area contributed by atoms with Gasteiger partial charge in [-0.1, -0.05) is 19.9 Å². The number of fused-ring (bicyclic) bond motifs is 1. The molecular weight excluding hydrogens is 346 g/mol.